The highest BCUT2D eigenvalue weighted by atomic mass is 35.5. The molecule has 0 radical (unpaired) electrons. The molecule has 2 heteroatoms. The lowest BCUT2D eigenvalue weighted by atomic mass is 11.3. The zero-order valence-corrected chi connectivity index (χ0v) is 3.14. The van der Waals surface area contributed by atoms with E-state index in [1.165, 1.54) is 0 Å². The topological polar surface area (TPSA) is 31.5 Å². The van der Waals surface area contributed by atoms with E-state index in [0.717, 1.165) is 0 Å². The Bertz CT molecular complexity index is 6.00. The largest absolute Gasteiger partial charge is 0.412 e. The van der Waals surface area contributed by atoms with Gasteiger partial charge in [-0.3, -0.25) is 0 Å². The van der Waals surface area contributed by atoms with Crippen LogP contribution < -0.4 is 0 Å². The summed E-state index contributed by atoms with van der Waals surface area (Å²) in [6.07, 6.45) is 0. The predicted octanol–water partition coefficient (Wildman–Crippen LogP) is 0.399. The van der Waals surface area contributed by atoms with E-state index in [1.807, 2.05) is 0 Å². The maximum atomic E-state index is 3.00. The molecule has 0 fully saturated rings. The number of rotatable bonds is 0. The lowest BCUT2D eigenvalue weighted by molar-refractivity contribution is 0.824. The molecule has 0 saturated heterocycles. The monoisotopic (exact) mass is 82.0 g/mol. The Balaban J connectivity index is -0.00000000500. The Labute approximate surface area is 32.0 Å². The van der Waals surface area contributed by atoms with Gasteiger partial charge in [-0.05, 0) is 0 Å². The molecule has 0 saturated carbocycles. The molecule has 0 amide bonds. The number of halogens is 1. The van der Waals surface area contributed by atoms with Crippen molar-refractivity contribution in [1.29, 1.82) is 0 Å². The van der Waals surface area contributed by atoms with E-state index in [0.29, 0.717) is 0 Å². The van der Waals surface area contributed by atoms with Gasteiger partial charge in [-0.2, -0.15) is 0 Å². The minimum Gasteiger partial charge on any atom is -0.412 e. The lowest BCUT2D eigenvalue weighted by Crippen LogP contribution is -0.552. The summed E-state index contributed by atoms with van der Waals surface area (Å²) < 4.78 is 0. The van der Waals surface area contributed by atoms with Gasteiger partial charge in [0, 0.05) is 0 Å². The highest BCUT2D eigenvalue weighted by molar-refractivity contribution is 5.85. The van der Waals surface area contributed by atoms with Gasteiger partial charge >= 0.3 is 0 Å². The normalized spacial score (nSPS) is 1.00. The van der Waals surface area contributed by atoms with E-state index in [-0.39, 0.29) is 17.9 Å². The van der Waals surface area contributed by atoms with E-state index in [1.54, 1.807) is 0 Å². The van der Waals surface area contributed by atoms with E-state index in [2.05, 4.69) is 13.2 Å². The number of hydrogen-bond acceptors (Lipinski definition) is 0. The first-order chi connectivity index (χ1) is 1.00. The van der Waals surface area contributed by atoms with Gasteiger partial charge in [-0.1, -0.05) is 0 Å². The second-order valence-corrected chi connectivity index (χ2v) is 0. The molecule has 0 aromatic heterocycles. The summed E-state index contributed by atoms with van der Waals surface area (Å²) in [5.74, 6) is 0. The first-order valence-corrected chi connectivity index (χ1v) is 0.500. The van der Waals surface area contributed by atoms with Gasteiger partial charge in [0.1, 0.15) is 0 Å². The van der Waals surface area contributed by atoms with Crippen LogP contribution in [0.1, 0.15) is 0 Å². The third-order valence-corrected chi connectivity index (χ3v) is 0. The van der Waals surface area contributed by atoms with Crippen LogP contribution >= 0.6 is 12.4 Å². The maximum absolute atomic E-state index is 3.00. The molecule has 0 aliphatic rings. The van der Waals surface area contributed by atoms with Crippen LogP contribution in [0, 0.1) is 0 Å². The van der Waals surface area contributed by atoms with Crippen LogP contribution in [0.25, 0.3) is 0 Å². The van der Waals surface area contributed by atoms with Crippen LogP contribution in [-0.2, 0) is 0 Å². The first kappa shape index (κ1) is 36.4. The molecule has 0 aromatic rings. The molecule has 0 aromatic carbocycles. The fourth-order valence-electron chi connectivity index (χ4n) is 0. The second-order valence-electron chi connectivity index (χ2n) is 0. The molecule has 0 bridgehead atoms. The molecule has 28 valence electrons. The predicted molar refractivity (Wildman–Crippen MR) is 22.1 cm³/mol. The molecular weight excluding hydrogens is 75.5 g/mol. The van der Waals surface area contributed by atoms with Crippen LogP contribution in [0.5, 0.6) is 0 Å². The van der Waals surface area contributed by atoms with Crippen LogP contribution in [0.15, 0.2) is 13.2 Å². The number of hydrogen-bond donors (Lipinski definition) is 0. The quantitative estimate of drug-likeness (QED) is 0.379. The average molecular weight is 82.5 g/mol. The lowest BCUT2D eigenvalue weighted by Gasteiger charge is -0.813. The van der Waals surface area contributed by atoms with Crippen molar-refractivity contribution >= 4 is 12.4 Å². The van der Waals surface area contributed by atoms with Gasteiger partial charge in [-0.25, -0.2) is 0 Å². The molecule has 0 aliphatic carbocycles. The summed E-state index contributed by atoms with van der Waals surface area (Å²) in [6, 6.07) is 0. The minimum absolute atomic E-state index is 0. The van der Waals surface area contributed by atoms with Crippen LogP contribution in [-0.4, -0.2) is 5.48 Å². The molecule has 0 unspecified atom stereocenters. The van der Waals surface area contributed by atoms with Gasteiger partial charge < -0.3 is 5.48 Å². The van der Waals surface area contributed by atoms with Crippen LogP contribution in [0.3, 0.4) is 0 Å². The highest BCUT2D eigenvalue weighted by Crippen LogP contribution is 0.862. The summed E-state index contributed by atoms with van der Waals surface area (Å²) in [5, 5.41) is 0. The fraction of sp³-hybridized carbons (Fsp3) is 0. The molecule has 0 atom stereocenters. The van der Waals surface area contributed by atoms with Crippen LogP contribution in [0.2, 0.25) is 0 Å². The summed E-state index contributed by atoms with van der Waals surface area (Å²) in [5.41, 5.74) is 0. The van der Waals surface area contributed by atoms with Gasteiger partial charge in [0.2, 0.25) is 0 Å². The van der Waals surface area contributed by atoms with E-state index >= 15 is 0 Å². The molecule has 4 heavy (non-hydrogen) atoms. The standard InChI is InChI=1S/C2H4.ClH.H2O/c1-2;;/h1-2H2;1H;1H2. The Morgan fingerprint density at radius 1 is 1.00 bits per heavy atom. The van der Waals surface area contributed by atoms with Gasteiger partial charge in [0.25, 0.3) is 0 Å². The van der Waals surface area contributed by atoms with E-state index < -0.39 is 0 Å². The molecule has 0 spiro atoms. The molecule has 2 N–H and O–H groups in total. The second kappa shape index (κ2) is 118000. The van der Waals surface area contributed by atoms with Crippen molar-refractivity contribution in [2.75, 3.05) is 0 Å². The Morgan fingerprint density at radius 2 is 1.00 bits per heavy atom. The van der Waals surface area contributed by atoms with Crippen molar-refractivity contribution in [3.63, 3.8) is 0 Å². The average Bonchev–Trinajstić information content (AvgIpc) is 1.00. The molecule has 0 aliphatic heterocycles. The molecule has 1 nitrogen and oxygen atoms in total. The minimum atomic E-state index is 0. The Morgan fingerprint density at radius 3 is 1.00 bits per heavy atom. The van der Waals surface area contributed by atoms with Crippen LogP contribution in [0.4, 0.5) is 0 Å². The third-order valence-electron chi connectivity index (χ3n) is 0. The molecular formula is C2H7ClO. The van der Waals surface area contributed by atoms with Crippen molar-refractivity contribution in [3.8, 4) is 0 Å². The highest BCUT2D eigenvalue weighted by Gasteiger charge is 0.601. The van der Waals surface area contributed by atoms with Gasteiger partial charge in [0.15, 0.2) is 0 Å². The maximum Gasteiger partial charge on any atom is -0.106 e. The van der Waals surface area contributed by atoms with Crippen molar-refractivity contribution in [1.82, 2.24) is 0 Å². The summed E-state index contributed by atoms with van der Waals surface area (Å²) in [4.78, 5) is 0. The van der Waals surface area contributed by atoms with Gasteiger partial charge in [-0.15, -0.1) is 25.6 Å². The SMILES string of the molecule is C=C.Cl.O. The van der Waals surface area contributed by atoms with Gasteiger partial charge in [0.05, 0.1) is 0 Å². The summed E-state index contributed by atoms with van der Waals surface area (Å²) in [7, 11) is 0. The zero-order chi connectivity index (χ0) is 2.00. The van der Waals surface area contributed by atoms with Crippen molar-refractivity contribution in [2.45, 2.75) is 0 Å². The first-order valence-electron chi connectivity index (χ1n) is 0.500. The molecule has 0 rings (SSSR count). The Kier molecular flexibility index (Phi) is 1080000. The summed E-state index contributed by atoms with van der Waals surface area (Å²) in [6.45, 7) is 6.00. The smallest absolute Gasteiger partial charge is 0.106 e. The van der Waals surface area contributed by atoms with E-state index in [4.69, 9.17) is 0 Å². The van der Waals surface area contributed by atoms with Crippen molar-refractivity contribution in [3.05, 3.63) is 13.2 Å². The Hall–Kier alpha value is -0.0100. The molecule has 0 heterocycles. The fourth-order valence-corrected chi connectivity index (χ4v) is 0. The zero-order valence-electron chi connectivity index (χ0n) is 2.32. The summed E-state index contributed by atoms with van der Waals surface area (Å²) >= 11 is 0. The third kappa shape index (κ3) is 19500. The van der Waals surface area contributed by atoms with Crippen molar-refractivity contribution in [2.24, 2.45) is 0 Å². The van der Waals surface area contributed by atoms with E-state index in [9.17, 15) is 0 Å². The van der Waals surface area contributed by atoms with Crippen molar-refractivity contribution < 1.29 is 5.48 Å².